The van der Waals surface area contributed by atoms with Gasteiger partial charge in [0.15, 0.2) is 0 Å². The molecule has 9 heteroatoms. The third-order valence-corrected chi connectivity index (χ3v) is 5.07. The van der Waals surface area contributed by atoms with Crippen LogP contribution in [0.2, 0.25) is 5.15 Å². The van der Waals surface area contributed by atoms with Crippen molar-refractivity contribution in [2.45, 2.75) is 32.4 Å². The summed E-state index contributed by atoms with van der Waals surface area (Å²) in [4.78, 5) is 20.9. The number of carbonyl (C=O) groups excluding carboxylic acids is 1. The molecule has 5 nitrogen and oxygen atoms in total. The average Bonchev–Trinajstić information content (AvgIpc) is 2.97. The molecule has 1 aliphatic rings. The summed E-state index contributed by atoms with van der Waals surface area (Å²) in [5, 5.41) is 2.95. The number of fused-ring (bicyclic) bond motifs is 1. The molecule has 1 amide bonds. The summed E-state index contributed by atoms with van der Waals surface area (Å²) in [7, 11) is 0. The maximum Gasteiger partial charge on any atom is 0.351 e. The van der Waals surface area contributed by atoms with Gasteiger partial charge in [0.2, 0.25) is 0 Å². The van der Waals surface area contributed by atoms with E-state index >= 15 is 0 Å². The smallest absolute Gasteiger partial charge is 0.351 e. The number of hydrogen-bond donors (Lipinski definition) is 1. The Morgan fingerprint density at radius 3 is 3.04 bits per heavy atom. The Labute approximate surface area is 146 Å². The van der Waals surface area contributed by atoms with Crippen LogP contribution < -0.4 is 5.32 Å². The van der Waals surface area contributed by atoms with E-state index in [1.54, 1.807) is 6.92 Å². The molecule has 2 aromatic rings. The Morgan fingerprint density at radius 2 is 2.33 bits per heavy atom. The molecule has 0 bridgehead atoms. The second kappa shape index (κ2) is 6.70. The number of thiazole rings is 1. The third-order valence-electron chi connectivity index (χ3n) is 3.60. The number of halogens is 3. The number of rotatable bonds is 4. The van der Waals surface area contributed by atoms with Crippen LogP contribution in [0.15, 0.2) is 12.3 Å². The summed E-state index contributed by atoms with van der Waals surface area (Å²) in [6.45, 7) is 2.58. The molecule has 3 rings (SSSR count). The largest absolute Gasteiger partial charge is 0.375 e. The molecule has 0 aromatic carbocycles. The highest BCUT2D eigenvalue weighted by Crippen LogP contribution is 2.30. The van der Waals surface area contributed by atoms with Crippen LogP contribution in [0.4, 0.5) is 8.78 Å². The van der Waals surface area contributed by atoms with Gasteiger partial charge >= 0.3 is 5.92 Å². The number of pyridine rings is 1. The lowest BCUT2D eigenvalue weighted by Gasteiger charge is -2.16. The predicted octanol–water partition coefficient (Wildman–Crippen LogP) is 2.98. The van der Waals surface area contributed by atoms with Crippen molar-refractivity contribution in [2.75, 3.05) is 6.61 Å². The van der Waals surface area contributed by atoms with E-state index < -0.39 is 17.4 Å². The molecule has 0 saturated heterocycles. The van der Waals surface area contributed by atoms with Gasteiger partial charge in [-0.25, -0.2) is 9.97 Å². The van der Waals surface area contributed by atoms with Gasteiger partial charge in [-0.3, -0.25) is 4.79 Å². The topological polar surface area (TPSA) is 64.1 Å². The monoisotopic (exact) mass is 373 g/mol. The van der Waals surface area contributed by atoms with Gasteiger partial charge in [0.25, 0.3) is 5.91 Å². The molecule has 3 heterocycles. The van der Waals surface area contributed by atoms with Crippen LogP contribution in [-0.4, -0.2) is 22.5 Å². The predicted molar refractivity (Wildman–Crippen MR) is 85.2 cm³/mol. The summed E-state index contributed by atoms with van der Waals surface area (Å²) >= 11 is 7.09. The van der Waals surface area contributed by atoms with Crippen LogP contribution >= 0.6 is 22.9 Å². The summed E-state index contributed by atoms with van der Waals surface area (Å²) in [6.07, 6.45) is 1.61. The first kappa shape index (κ1) is 17.2. The van der Waals surface area contributed by atoms with Gasteiger partial charge in [-0.1, -0.05) is 11.6 Å². The molecule has 2 aromatic heterocycles. The molecule has 0 saturated carbocycles. The first-order valence-corrected chi connectivity index (χ1v) is 8.41. The van der Waals surface area contributed by atoms with Crippen molar-refractivity contribution in [3.63, 3.8) is 0 Å². The number of hydrogen-bond acceptors (Lipinski definition) is 5. The van der Waals surface area contributed by atoms with Crippen LogP contribution in [0, 0.1) is 6.92 Å². The fourth-order valence-electron chi connectivity index (χ4n) is 2.28. The lowest BCUT2D eigenvalue weighted by atomic mass is 10.1. The van der Waals surface area contributed by atoms with E-state index in [4.69, 9.17) is 16.3 Å². The molecule has 0 atom stereocenters. The van der Waals surface area contributed by atoms with E-state index in [1.807, 2.05) is 0 Å². The molecular formula is C15H14ClF2N3O2S. The number of carbonyl (C=O) groups is 1. The first-order valence-electron chi connectivity index (χ1n) is 7.22. The minimum atomic E-state index is -3.69. The highest BCUT2D eigenvalue weighted by atomic mass is 35.5. The van der Waals surface area contributed by atoms with E-state index in [0.29, 0.717) is 30.2 Å². The molecule has 0 aliphatic carbocycles. The Bertz CT molecular complexity index is 759. The zero-order valence-corrected chi connectivity index (χ0v) is 14.3. The molecule has 0 radical (unpaired) electrons. The lowest BCUT2D eigenvalue weighted by Crippen LogP contribution is -2.37. The standard InChI is InChI=1S/C15H14ClF2N3O2S/c1-8-4-9(5-19-13(8)16)15(17,18)14(22)20-6-12-21-10-2-3-23-7-11(10)24-12/h4-5H,2-3,6-7H2,1H3,(H,20,22). The minimum Gasteiger partial charge on any atom is -0.375 e. The number of ether oxygens (including phenoxy) is 1. The Balaban J connectivity index is 1.69. The number of nitrogens with zero attached hydrogens (tertiary/aromatic N) is 2. The number of aromatic nitrogens is 2. The van der Waals surface area contributed by atoms with Gasteiger partial charge in [0.1, 0.15) is 10.2 Å². The van der Waals surface area contributed by atoms with Crippen molar-refractivity contribution >= 4 is 28.8 Å². The molecular weight excluding hydrogens is 360 g/mol. The van der Waals surface area contributed by atoms with Crippen molar-refractivity contribution in [2.24, 2.45) is 0 Å². The third kappa shape index (κ3) is 3.40. The molecule has 0 unspecified atom stereocenters. The summed E-state index contributed by atoms with van der Waals surface area (Å²) in [6, 6.07) is 1.16. The van der Waals surface area contributed by atoms with Crippen molar-refractivity contribution in [3.8, 4) is 0 Å². The first-order chi connectivity index (χ1) is 11.4. The molecule has 1 aliphatic heterocycles. The summed E-state index contributed by atoms with van der Waals surface area (Å²) in [5.41, 5.74) is 0.808. The normalized spacial score (nSPS) is 14.3. The van der Waals surface area contributed by atoms with Crippen LogP contribution in [0.25, 0.3) is 0 Å². The van der Waals surface area contributed by atoms with Gasteiger partial charge in [0, 0.05) is 18.2 Å². The fraction of sp³-hybridized carbons (Fsp3) is 0.400. The maximum atomic E-state index is 14.3. The maximum absolute atomic E-state index is 14.3. The van der Waals surface area contributed by atoms with E-state index in [0.717, 1.165) is 22.8 Å². The highest BCUT2D eigenvalue weighted by Gasteiger charge is 2.41. The van der Waals surface area contributed by atoms with Gasteiger partial charge in [-0.05, 0) is 18.6 Å². The lowest BCUT2D eigenvalue weighted by molar-refractivity contribution is -0.147. The zero-order valence-electron chi connectivity index (χ0n) is 12.7. The van der Waals surface area contributed by atoms with Crippen LogP contribution in [0.5, 0.6) is 0 Å². The van der Waals surface area contributed by atoms with Crippen molar-refractivity contribution in [1.82, 2.24) is 15.3 Å². The SMILES string of the molecule is Cc1cc(C(F)(F)C(=O)NCc2nc3c(s2)COCC3)cnc1Cl. The molecule has 128 valence electrons. The van der Waals surface area contributed by atoms with E-state index in [1.165, 1.54) is 11.3 Å². The van der Waals surface area contributed by atoms with E-state index in [2.05, 4.69) is 15.3 Å². The van der Waals surface area contributed by atoms with Crippen molar-refractivity contribution in [1.29, 1.82) is 0 Å². The second-order valence-electron chi connectivity index (χ2n) is 5.37. The van der Waals surface area contributed by atoms with Crippen LogP contribution in [-0.2, 0) is 35.0 Å². The summed E-state index contributed by atoms with van der Waals surface area (Å²) in [5.74, 6) is -5.09. The van der Waals surface area contributed by atoms with Crippen molar-refractivity contribution < 1.29 is 18.3 Å². The number of aryl methyl sites for hydroxylation is 1. The average molecular weight is 374 g/mol. The quantitative estimate of drug-likeness (QED) is 0.837. The molecule has 1 N–H and O–H groups in total. The van der Waals surface area contributed by atoms with Gasteiger partial charge in [0.05, 0.1) is 30.3 Å². The Hall–Kier alpha value is -1.64. The number of nitrogens with one attached hydrogen (secondary N) is 1. The number of alkyl halides is 2. The van der Waals surface area contributed by atoms with Crippen LogP contribution in [0.3, 0.4) is 0 Å². The number of amides is 1. The minimum absolute atomic E-state index is 0.0495. The Morgan fingerprint density at radius 1 is 1.54 bits per heavy atom. The Kier molecular flexibility index (Phi) is 4.80. The van der Waals surface area contributed by atoms with Gasteiger partial charge < -0.3 is 10.1 Å². The van der Waals surface area contributed by atoms with Gasteiger partial charge in [-0.2, -0.15) is 8.78 Å². The summed E-state index contributed by atoms with van der Waals surface area (Å²) < 4.78 is 33.8. The molecule has 24 heavy (non-hydrogen) atoms. The second-order valence-corrected chi connectivity index (χ2v) is 6.90. The zero-order chi connectivity index (χ0) is 17.3. The molecule has 0 fully saturated rings. The van der Waals surface area contributed by atoms with Gasteiger partial charge in [-0.15, -0.1) is 11.3 Å². The van der Waals surface area contributed by atoms with Crippen molar-refractivity contribution in [3.05, 3.63) is 44.1 Å². The molecule has 0 spiro atoms. The highest BCUT2D eigenvalue weighted by molar-refractivity contribution is 7.11. The van der Waals surface area contributed by atoms with E-state index in [9.17, 15) is 13.6 Å². The van der Waals surface area contributed by atoms with Crippen LogP contribution in [0.1, 0.15) is 26.7 Å². The fourth-order valence-corrected chi connectivity index (χ4v) is 3.38. The van der Waals surface area contributed by atoms with E-state index in [-0.39, 0.29) is 11.7 Å².